The maximum absolute atomic E-state index is 12.0. The molecule has 2 heterocycles. The number of primary amides is 1. The van der Waals surface area contributed by atoms with Crippen LogP contribution in [0.3, 0.4) is 0 Å². The number of hydrogen-bond acceptors (Lipinski definition) is 9. The van der Waals surface area contributed by atoms with Crippen molar-refractivity contribution in [1.82, 2.24) is 15.1 Å². The van der Waals surface area contributed by atoms with Crippen LogP contribution in [-0.2, 0) is 28.6 Å². The summed E-state index contributed by atoms with van der Waals surface area (Å²) in [6, 6.07) is 0.174. The molecule has 0 radical (unpaired) electrons. The van der Waals surface area contributed by atoms with Gasteiger partial charge in [-0.3, -0.25) is 19.4 Å². The predicted molar refractivity (Wildman–Crippen MR) is 131 cm³/mol. The van der Waals surface area contributed by atoms with Crippen LogP contribution in [0.4, 0.5) is 0 Å². The third-order valence-electron chi connectivity index (χ3n) is 6.00. The van der Waals surface area contributed by atoms with Gasteiger partial charge in [0.1, 0.15) is 0 Å². The van der Waals surface area contributed by atoms with E-state index in [1.807, 2.05) is 0 Å². The predicted octanol–water partition coefficient (Wildman–Crippen LogP) is -1.51. The number of nitrogens with two attached hydrogens (primary N) is 2. The molecule has 12 nitrogen and oxygen atoms in total. The molecule has 0 aromatic carbocycles. The Morgan fingerprint density at radius 2 is 1.71 bits per heavy atom. The van der Waals surface area contributed by atoms with Gasteiger partial charge in [0, 0.05) is 58.6 Å². The number of hydrogen-bond donors (Lipinski definition) is 3. The number of nitrogens with one attached hydrogen (secondary N) is 1. The van der Waals surface area contributed by atoms with E-state index in [2.05, 4.69) is 15.2 Å². The van der Waals surface area contributed by atoms with Gasteiger partial charge in [0.05, 0.1) is 57.2 Å². The molecule has 2 aliphatic heterocycles. The van der Waals surface area contributed by atoms with E-state index in [0.717, 1.165) is 32.5 Å². The maximum atomic E-state index is 12.0. The summed E-state index contributed by atoms with van der Waals surface area (Å²) < 4.78 is 16.6. The fraction of sp³-hybridized carbons (Fsp3) is 0.739. The monoisotopic (exact) mass is 496 g/mol. The number of rotatable bonds is 16. The molecule has 12 heteroatoms. The van der Waals surface area contributed by atoms with Gasteiger partial charge in [-0.2, -0.15) is 0 Å². The summed E-state index contributed by atoms with van der Waals surface area (Å²) in [6.45, 7) is 6.56. The first kappa shape index (κ1) is 28.7. The van der Waals surface area contributed by atoms with Gasteiger partial charge in [-0.05, 0) is 12.8 Å². The zero-order valence-corrected chi connectivity index (χ0v) is 20.7. The molecule has 0 aromatic heterocycles. The van der Waals surface area contributed by atoms with E-state index < -0.39 is 5.91 Å². The summed E-state index contributed by atoms with van der Waals surface area (Å²) in [5, 5.41) is 2.80. The van der Waals surface area contributed by atoms with Crippen molar-refractivity contribution in [3.05, 3.63) is 11.8 Å². The third-order valence-corrected chi connectivity index (χ3v) is 6.00. The lowest BCUT2D eigenvalue weighted by Gasteiger charge is -2.29. The number of aliphatic imine (C=N–C) groups is 1. The van der Waals surface area contributed by atoms with Crippen molar-refractivity contribution >= 4 is 23.9 Å². The topological polar surface area (TPSA) is 162 Å². The highest BCUT2D eigenvalue weighted by Gasteiger charge is 2.31. The quantitative estimate of drug-likeness (QED) is 0.132. The molecule has 3 amide bonds. The van der Waals surface area contributed by atoms with Crippen LogP contribution in [0.2, 0.25) is 0 Å². The Morgan fingerprint density at radius 3 is 2.29 bits per heavy atom. The summed E-state index contributed by atoms with van der Waals surface area (Å²) in [6.07, 6.45) is 4.75. The molecule has 0 saturated carbocycles. The van der Waals surface area contributed by atoms with Gasteiger partial charge < -0.3 is 40.8 Å². The van der Waals surface area contributed by atoms with Crippen molar-refractivity contribution in [2.24, 2.45) is 22.4 Å². The summed E-state index contributed by atoms with van der Waals surface area (Å²) in [5.41, 5.74) is 10.8. The Kier molecular flexibility index (Phi) is 13.3. The largest absolute Gasteiger partial charge is 0.404 e. The number of ether oxygens (including phenoxy) is 3. The second-order valence-corrected chi connectivity index (χ2v) is 8.64. The van der Waals surface area contributed by atoms with Gasteiger partial charge in [-0.15, -0.1) is 0 Å². The molecule has 1 unspecified atom stereocenters. The van der Waals surface area contributed by atoms with Crippen LogP contribution in [0.15, 0.2) is 16.8 Å². The van der Waals surface area contributed by atoms with Crippen LogP contribution in [0.25, 0.3) is 0 Å². The average Bonchev–Trinajstić information content (AvgIpc) is 3.19. The zero-order valence-electron chi connectivity index (χ0n) is 20.7. The molecule has 0 spiro atoms. The summed E-state index contributed by atoms with van der Waals surface area (Å²) >= 11 is 0. The summed E-state index contributed by atoms with van der Waals surface area (Å²) in [5.74, 6) is -0.932. The van der Waals surface area contributed by atoms with Crippen molar-refractivity contribution in [3.8, 4) is 0 Å². The first-order valence-corrected chi connectivity index (χ1v) is 12.1. The van der Waals surface area contributed by atoms with E-state index in [-0.39, 0.29) is 35.8 Å². The number of amides is 3. The minimum absolute atomic E-state index is 0.00700. The fourth-order valence-electron chi connectivity index (χ4n) is 3.83. The molecule has 35 heavy (non-hydrogen) atoms. The van der Waals surface area contributed by atoms with Gasteiger partial charge in [0.15, 0.2) is 0 Å². The molecule has 2 rings (SSSR count). The minimum atomic E-state index is -0.573. The minimum Gasteiger partial charge on any atom is -0.404 e. The summed E-state index contributed by atoms with van der Waals surface area (Å²) in [7, 11) is 1.71. The van der Waals surface area contributed by atoms with Gasteiger partial charge in [0.25, 0.3) is 5.91 Å². The van der Waals surface area contributed by atoms with E-state index >= 15 is 0 Å². The Hall–Kier alpha value is -2.54. The molecule has 0 aromatic rings. The number of likely N-dealkylation sites (tertiary alicyclic amines) is 2. The molecular weight excluding hydrogens is 456 g/mol. The third kappa shape index (κ3) is 11.2. The molecule has 2 saturated heterocycles. The normalized spacial score (nSPS) is 20.1. The second-order valence-electron chi connectivity index (χ2n) is 8.64. The Bertz CT molecular complexity index is 738. The summed E-state index contributed by atoms with van der Waals surface area (Å²) in [4.78, 5) is 42.9. The van der Waals surface area contributed by atoms with Crippen molar-refractivity contribution in [3.63, 3.8) is 0 Å². The van der Waals surface area contributed by atoms with Crippen molar-refractivity contribution < 1.29 is 28.6 Å². The smallest absolute Gasteiger partial charge is 0.251 e. The molecule has 5 N–H and O–H groups in total. The lowest BCUT2D eigenvalue weighted by Crippen LogP contribution is -2.37. The van der Waals surface area contributed by atoms with Crippen molar-refractivity contribution in [1.29, 1.82) is 0 Å². The number of carbonyl (C=O) groups excluding carboxylic acids is 3. The van der Waals surface area contributed by atoms with Gasteiger partial charge in [-0.1, -0.05) is 0 Å². The van der Waals surface area contributed by atoms with E-state index in [9.17, 15) is 14.4 Å². The van der Waals surface area contributed by atoms with Gasteiger partial charge in [-0.25, -0.2) is 0 Å². The standard InChI is InChI=1S/C23H40N6O6/c1-28-17-18(14-21(28)30)23(32)26-4-8-33-10-12-35-13-11-34-9-7-29-5-2-20(3-6-29)27-16-19(15-24)22(25)31/h15-16,18,20H,2-14,17,24H2,1H3,(H2,25,31)(H,26,32). The van der Waals surface area contributed by atoms with Gasteiger partial charge in [0.2, 0.25) is 11.8 Å². The first-order valence-electron chi connectivity index (χ1n) is 12.1. The fourth-order valence-corrected chi connectivity index (χ4v) is 3.83. The van der Waals surface area contributed by atoms with Crippen LogP contribution >= 0.6 is 0 Å². The van der Waals surface area contributed by atoms with Crippen LogP contribution in [0.1, 0.15) is 19.3 Å². The van der Waals surface area contributed by atoms with Crippen LogP contribution in [0.5, 0.6) is 0 Å². The van der Waals surface area contributed by atoms with E-state index in [1.54, 1.807) is 11.9 Å². The van der Waals surface area contributed by atoms with Crippen LogP contribution in [-0.4, -0.2) is 119 Å². The maximum Gasteiger partial charge on any atom is 0.251 e. The molecule has 2 aliphatic rings. The Balaban J connectivity index is 1.36. The molecule has 0 aliphatic carbocycles. The highest BCUT2D eigenvalue weighted by molar-refractivity contribution is 6.11. The zero-order chi connectivity index (χ0) is 25.5. The first-order chi connectivity index (χ1) is 16.9. The number of nitrogens with zero attached hydrogens (tertiary/aromatic N) is 3. The van der Waals surface area contributed by atoms with Crippen LogP contribution < -0.4 is 16.8 Å². The lowest BCUT2D eigenvalue weighted by molar-refractivity contribution is -0.128. The number of piperidine rings is 1. The lowest BCUT2D eigenvalue weighted by atomic mass is 10.1. The molecule has 1 atom stereocenters. The Labute approximate surface area is 207 Å². The Morgan fingerprint density at radius 1 is 1.09 bits per heavy atom. The van der Waals surface area contributed by atoms with Crippen molar-refractivity contribution in [2.75, 3.05) is 79.4 Å². The highest BCUT2D eigenvalue weighted by atomic mass is 16.5. The van der Waals surface area contributed by atoms with E-state index in [0.29, 0.717) is 52.7 Å². The molecule has 2 fully saturated rings. The molecular formula is C23H40N6O6. The van der Waals surface area contributed by atoms with Crippen molar-refractivity contribution in [2.45, 2.75) is 25.3 Å². The average molecular weight is 497 g/mol. The number of carbonyl (C=O) groups is 3. The van der Waals surface area contributed by atoms with E-state index in [4.69, 9.17) is 25.7 Å². The molecule has 0 bridgehead atoms. The highest BCUT2D eigenvalue weighted by Crippen LogP contribution is 2.15. The molecule has 198 valence electrons. The van der Waals surface area contributed by atoms with Crippen LogP contribution in [0, 0.1) is 5.92 Å². The van der Waals surface area contributed by atoms with E-state index in [1.165, 1.54) is 12.4 Å². The SMILES string of the molecule is CN1CC(C(=O)NCCOCCOCCOCCN2CCC(N=CC(=CN)C(N)=O)CC2)CC1=O. The second kappa shape index (κ2) is 16.2. The van der Waals surface area contributed by atoms with Gasteiger partial charge >= 0.3 is 0 Å².